The van der Waals surface area contributed by atoms with Gasteiger partial charge in [-0.05, 0) is 13.8 Å². The van der Waals surface area contributed by atoms with Gasteiger partial charge in [-0.3, -0.25) is 0 Å². The topological polar surface area (TPSA) is 55.1 Å². The standard InChI is InChI=1S/C7H10N2O2/c1-5(7(10)11)9-4-3-8-6(9)2/h3-5H,1-2H3,(H,10,11)/t5-/m0/s1. The van der Waals surface area contributed by atoms with E-state index < -0.39 is 12.0 Å². The Bertz CT molecular complexity index is 267. The van der Waals surface area contributed by atoms with Crippen LogP contribution in [0.5, 0.6) is 0 Å². The van der Waals surface area contributed by atoms with Crippen LogP contribution in [0.4, 0.5) is 0 Å². The minimum absolute atomic E-state index is 0.530. The van der Waals surface area contributed by atoms with E-state index in [0.717, 1.165) is 5.82 Å². The number of hydrogen-bond acceptors (Lipinski definition) is 2. The van der Waals surface area contributed by atoms with Crippen molar-refractivity contribution in [3.8, 4) is 0 Å². The zero-order valence-electron chi connectivity index (χ0n) is 6.48. The molecular weight excluding hydrogens is 144 g/mol. The van der Waals surface area contributed by atoms with Crippen LogP contribution in [0.3, 0.4) is 0 Å². The second kappa shape index (κ2) is 2.74. The zero-order valence-corrected chi connectivity index (χ0v) is 6.48. The van der Waals surface area contributed by atoms with Crippen LogP contribution in [0.1, 0.15) is 18.8 Å². The van der Waals surface area contributed by atoms with Gasteiger partial charge in [-0.15, -0.1) is 0 Å². The summed E-state index contributed by atoms with van der Waals surface area (Å²) in [5.74, 6) is -0.119. The summed E-state index contributed by atoms with van der Waals surface area (Å²) >= 11 is 0. The van der Waals surface area contributed by atoms with Crippen molar-refractivity contribution in [1.29, 1.82) is 0 Å². The van der Waals surface area contributed by atoms with E-state index in [0.29, 0.717) is 0 Å². The molecule has 0 unspecified atom stereocenters. The van der Waals surface area contributed by atoms with Gasteiger partial charge < -0.3 is 9.67 Å². The fourth-order valence-electron chi connectivity index (χ4n) is 0.916. The Kier molecular flexibility index (Phi) is 1.94. The minimum atomic E-state index is -0.842. The molecule has 0 aliphatic rings. The van der Waals surface area contributed by atoms with Gasteiger partial charge in [0.15, 0.2) is 0 Å². The average molecular weight is 154 g/mol. The first-order chi connectivity index (χ1) is 5.13. The van der Waals surface area contributed by atoms with Gasteiger partial charge in [-0.25, -0.2) is 9.78 Å². The van der Waals surface area contributed by atoms with Gasteiger partial charge in [-0.2, -0.15) is 0 Å². The van der Waals surface area contributed by atoms with E-state index in [9.17, 15) is 4.79 Å². The number of aliphatic carboxylic acids is 1. The molecule has 1 aromatic rings. The van der Waals surface area contributed by atoms with E-state index >= 15 is 0 Å². The molecule has 0 saturated heterocycles. The molecule has 1 rings (SSSR count). The summed E-state index contributed by atoms with van der Waals surface area (Å²) in [5.41, 5.74) is 0. The van der Waals surface area contributed by atoms with Crippen LogP contribution >= 0.6 is 0 Å². The molecule has 0 aliphatic carbocycles. The maximum Gasteiger partial charge on any atom is 0.326 e. The summed E-state index contributed by atoms with van der Waals surface area (Å²) < 4.78 is 1.61. The van der Waals surface area contributed by atoms with Crippen molar-refractivity contribution < 1.29 is 9.90 Å². The first-order valence-corrected chi connectivity index (χ1v) is 3.35. The first kappa shape index (κ1) is 7.78. The number of imidazole rings is 1. The van der Waals surface area contributed by atoms with Crippen molar-refractivity contribution in [2.75, 3.05) is 0 Å². The van der Waals surface area contributed by atoms with Crippen molar-refractivity contribution in [3.63, 3.8) is 0 Å². The van der Waals surface area contributed by atoms with E-state index in [1.54, 1.807) is 30.8 Å². The van der Waals surface area contributed by atoms with Crippen molar-refractivity contribution in [1.82, 2.24) is 9.55 Å². The summed E-state index contributed by atoms with van der Waals surface area (Å²) in [5, 5.41) is 8.63. The lowest BCUT2D eigenvalue weighted by Gasteiger charge is -2.08. The molecule has 60 valence electrons. The lowest BCUT2D eigenvalue weighted by Crippen LogP contribution is -2.15. The third kappa shape index (κ3) is 1.39. The molecule has 0 aromatic carbocycles. The van der Waals surface area contributed by atoms with Crippen LogP contribution in [0, 0.1) is 6.92 Å². The SMILES string of the molecule is Cc1nccn1[C@@H](C)C(=O)O. The van der Waals surface area contributed by atoms with Crippen LogP contribution < -0.4 is 0 Å². The Hall–Kier alpha value is -1.32. The molecule has 0 amide bonds. The highest BCUT2D eigenvalue weighted by Crippen LogP contribution is 2.07. The zero-order chi connectivity index (χ0) is 8.43. The highest BCUT2D eigenvalue weighted by Gasteiger charge is 2.13. The van der Waals surface area contributed by atoms with E-state index in [1.807, 2.05) is 0 Å². The van der Waals surface area contributed by atoms with Crippen molar-refractivity contribution >= 4 is 5.97 Å². The molecule has 4 heteroatoms. The summed E-state index contributed by atoms with van der Waals surface area (Å²) in [6, 6.07) is -0.530. The van der Waals surface area contributed by atoms with Crippen LogP contribution in [-0.2, 0) is 4.79 Å². The Labute approximate surface area is 64.5 Å². The number of hydrogen-bond donors (Lipinski definition) is 1. The largest absolute Gasteiger partial charge is 0.480 e. The van der Waals surface area contributed by atoms with Crippen LogP contribution in [0.2, 0.25) is 0 Å². The molecule has 1 N–H and O–H groups in total. The Morgan fingerprint density at radius 2 is 2.45 bits per heavy atom. The van der Waals surface area contributed by atoms with Gasteiger partial charge in [0.2, 0.25) is 0 Å². The van der Waals surface area contributed by atoms with Gasteiger partial charge in [0, 0.05) is 12.4 Å². The van der Waals surface area contributed by atoms with E-state index in [2.05, 4.69) is 4.98 Å². The number of carboxylic acid groups (broad SMARTS) is 1. The molecule has 4 nitrogen and oxygen atoms in total. The van der Waals surface area contributed by atoms with Crippen molar-refractivity contribution in [2.45, 2.75) is 19.9 Å². The summed E-state index contributed by atoms with van der Waals surface area (Å²) in [6.45, 7) is 3.40. The Morgan fingerprint density at radius 3 is 2.82 bits per heavy atom. The maximum atomic E-state index is 10.5. The third-order valence-electron chi connectivity index (χ3n) is 1.64. The number of carbonyl (C=O) groups is 1. The summed E-state index contributed by atoms with van der Waals surface area (Å²) in [6.07, 6.45) is 3.25. The molecule has 0 bridgehead atoms. The molecule has 0 fully saturated rings. The number of aromatic nitrogens is 2. The predicted octanol–water partition coefficient (Wildman–Crippen LogP) is 0.837. The molecule has 0 saturated carbocycles. The van der Waals surface area contributed by atoms with E-state index in [-0.39, 0.29) is 0 Å². The number of rotatable bonds is 2. The third-order valence-corrected chi connectivity index (χ3v) is 1.64. The van der Waals surface area contributed by atoms with Crippen molar-refractivity contribution in [3.05, 3.63) is 18.2 Å². The fraction of sp³-hybridized carbons (Fsp3) is 0.429. The second-order valence-corrected chi connectivity index (χ2v) is 2.40. The number of nitrogens with zero attached hydrogens (tertiary/aromatic N) is 2. The molecule has 0 radical (unpaired) electrons. The van der Waals surface area contributed by atoms with Gasteiger partial charge in [0.25, 0.3) is 0 Å². The molecule has 11 heavy (non-hydrogen) atoms. The molecule has 0 spiro atoms. The smallest absolute Gasteiger partial charge is 0.326 e. The van der Waals surface area contributed by atoms with Gasteiger partial charge in [0.1, 0.15) is 11.9 Å². The van der Waals surface area contributed by atoms with Crippen molar-refractivity contribution in [2.24, 2.45) is 0 Å². The molecular formula is C7H10N2O2. The second-order valence-electron chi connectivity index (χ2n) is 2.40. The Morgan fingerprint density at radius 1 is 1.82 bits per heavy atom. The highest BCUT2D eigenvalue weighted by atomic mass is 16.4. The van der Waals surface area contributed by atoms with Gasteiger partial charge in [-0.1, -0.05) is 0 Å². The Balaban J connectivity index is 2.92. The summed E-state index contributed by atoms with van der Waals surface area (Å²) in [7, 11) is 0. The fourth-order valence-corrected chi connectivity index (χ4v) is 0.916. The maximum absolute atomic E-state index is 10.5. The normalized spacial score (nSPS) is 12.9. The lowest BCUT2D eigenvalue weighted by atomic mass is 10.3. The monoisotopic (exact) mass is 154 g/mol. The lowest BCUT2D eigenvalue weighted by molar-refractivity contribution is -0.140. The van der Waals surface area contributed by atoms with Crippen LogP contribution in [0.25, 0.3) is 0 Å². The van der Waals surface area contributed by atoms with Crippen LogP contribution in [0.15, 0.2) is 12.4 Å². The predicted molar refractivity (Wildman–Crippen MR) is 39.3 cm³/mol. The van der Waals surface area contributed by atoms with E-state index in [4.69, 9.17) is 5.11 Å². The minimum Gasteiger partial charge on any atom is -0.480 e. The van der Waals surface area contributed by atoms with Gasteiger partial charge in [0.05, 0.1) is 0 Å². The molecule has 1 heterocycles. The quantitative estimate of drug-likeness (QED) is 0.686. The highest BCUT2D eigenvalue weighted by molar-refractivity contribution is 5.71. The van der Waals surface area contributed by atoms with Gasteiger partial charge >= 0.3 is 5.97 Å². The van der Waals surface area contributed by atoms with E-state index in [1.165, 1.54) is 0 Å². The number of carboxylic acids is 1. The van der Waals surface area contributed by atoms with Crippen LogP contribution in [-0.4, -0.2) is 20.6 Å². The molecule has 0 aliphatic heterocycles. The molecule has 1 aromatic heterocycles. The molecule has 1 atom stereocenters. The number of aryl methyl sites for hydroxylation is 1. The summed E-state index contributed by atoms with van der Waals surface area (Å²) in [4.78, 5) is 14.4. The first-order valence-electron chi connectivity index (χ1n) is 3.35. The average Bonchev–Trinajstić information content (AvgIpc) is 2.33.